The van der Waals surface area contributed by atoms with Gasteiger partial charge in [0.05, 0.1) is 0 Å². The van der Waals surface area contributed by atoms with Gasteiger partial charge in [-0.3, -0.25) is 9.78 Å². The Morgan fingerprint density at radius 3 is 2.50 bits per heavy atom. The summed E-state index contributed by atoms with van der Waals surface area (Å²) in [5.74, 6) is -0.765. The average Bonchev–Trinajstić information content (AvgIpc) is 2.36. The Morgan fingerprint density at radius 2 is 2.10 bits per heavy atom. The van der Waals surface area contributed by atoms with E-state index < -0.39 is 18.6 Å². The molecule has 0 aliphatic carbocycles. The van der Waals surface area contributed by atoms with Crippen molar-refractivity contribution < 1.29 is 18.0 Å². The van der Waals surface area contributed by atoms with Crippen LogP contribution in [0.15, 0.2) is 18.3 Å². The van der Waals surface area contributed by atoms with Crippen LogP contribution in [-0.4, -0.2) is 40.0 Å². The van der Waals surface area contributed by atoms with Crippen LogP contribution in [0.1, 0.15) is 29.4 Å². The molecule has 8 heteroatoms. The molecule has 0 saturated heterocycles. The van der Waals surface area contributed by atoms with Gasteiger partial charge in [0.25, 0.3) is 5.91 Å². The highest BCUT2D eigenvalue weighted by molar-refractivity contribution is 7.80. The largest absolute Gasteiger partial charge is 0.406 e. The van der Waals surface area contributed by atoms with Crippen LogP contribution in [0.2, 0.25) is 0 Å². The molecule has 1 amide bonds. The predicted molar refractivity (Wildman–Crippen MR) is 72.4 cm³/mol. The van der Waals surface area contributed by atoms with E-state index in [0.29, 0.717) is 12.0 Å². The van der Waals surface area contributed by atoms with Gasteiger partial charge in [-0.1, -0.05) is 19.1 Å². The molecule has 0 bridgehead atoms. The Morgan fingerprint density at radius 1 is 1.45 bits per heavy atom. The molecule has 0 saturated carbocycles. The number of alkyl halides is 3. The zero-order chi connectivity index (χ0) is 15.3. The summed E-state index contributed by atoms with van der Waals surface area (Å²) in [6.45, 7) is 0.412. The van der Waals surface area contributed by atoms with Gasteiger partial charge >= 0.3 is 6.18 Å². The molecule has 20 heavy (non-hydrogen) atoms. The molecule has 0 atom stereocenters. The number of nitrogens with two attached hydrogens (primary N) is 1. The smallest absolute Gasteiger partial charge is 0.389 e. The van der Waals surface area contributed by atoms with Crippen molar-refractivity contribution in [2.45, 2.75) is 19.5 Å². The fourth-order valence-corrected chi connectivity index (χ4v) is 1.69. The minimum atomic E-state index is -4.44. The third-order valence-electron chi connectivity index (χ3n) is 2.42. The molecule has 0 aliphatic rings. The molecule has 1 aromatic rings. The van der Waals surface area contributed by atoms with E-state index in [1.165, 1.54) is 18.3 Å². The first-order valence-corrected chi connectivity index (χ1v) is 6.27. The summed E-state index contributed by atoms with van der Waals surface area (Å²) in [6.07, 6.45) is -2.75. The van der Waals surface area contributed by atoms with E-state index in [0.717, 1.165) is 4.90 Å². The summed E-state index contributed by atoms with van der Waals surface area (Å²) in [6, 6.07) is 2.77. The fraction of sp³-hybridized carbons (Fsp3) is 0.417. The van der Waals surface area contributed by atoms with Gasteiger partial charge in [-0.2, -0.15) is 13.2 Å². The first-order valence-electron chi connectivity index (χ1n) is 5.86. The highest BCUT2D eigenvalue weighted by atomic mass is 32.1. The van der Waals surface area contributed by atoms with Crippen molar-refractivity contribution in [3.63, 3.8) is 0 Å². The summed E-state index contributed by atoms with van der Waals surface area (Å²) in [5, 5.41) is 0. The number of carbonyl (C=O) groups is 1. The first-order chi connectivity index (χ1) is 9.24. The minimum absolute atomic E-state index is 0.0110. The van der Waals surface area contributed by atoms with Crippen molar-refractivity contribution in [3.05, 3.63) is 29.6 Å². The van der Waals surface area contributed by atoms with Crippen LogP contribution in [0.3, 0.4) is 0 Å². The summed E-state index contributed by atoms with van der Waals surface area (Å²) in [4.78, 5) is 16.6. The second-order valence-corrected chi connectivity index (χ2v) is 4.58. The second kappa shape index (κ2) is 6.65. The second-order valence-electron chi connectivity index (χ2n) is 4.14. The van der Waals surface area contributed by atoms with Gasteiger partial charge in [0.15, 0.2) is 0 Å². The van der Waals surface area contributed by atoms with E-state index in [2.05, 4.69) is 4.98 Å². The molecule has 0 fully saturated rings. The molecule has 0 unspecified atom stereocenters. The lowest BCUT2D eigenvalue weighted by molar-refractivity contribution is -0.140. The molecule has 1 heterocycles. The monoisotopic (exact) mass is 305 g/mol. The zero-order valence-electron chi connectivity index (χ0n) is 10.8. The number of thiocarbonyl (C=S) groups is 1. The Balaban J connectivity index is 2.91. The number of carbonyl (C=O) groups excluding carboxylic acids is 1. The van der Waals surface area contributed by atoms with E-state index in [4.69, 9.17) is 18.0 Å². The lowest BCUT2D eigenvalue weighted by Gasteiger charge is -2.23. The van der Waals surface area contributed by atoms with Gasteiger partial charge in [0.1, 0.15) is 17.2 Å². The van der Waals surface area contributed by atoms with Crippen LogP contribution < -0.4 is 5.73 Å². The van der Waals surface area contributed by atoms with Crippen LogP contribution in [0.25, 0.3) is 0 Å². The van der Waals surface area contributed by atoms with Crippen molar-refractivity contribution >= 4 is 23.1 Å². The standard InChI is InChI=1S/C12H14F3N3OS/c1-2-5-18(7-12(13,14)15)11(19)9-4-3-8(6-17-9)10(16)20/h3-4,6H,2,5,7H2,1H3,(H2,16,20). The molecule has 1 rings (SSSR count). The summed E-state index contributed by atoms with van der Waals surface area (Å²) in [7, 11) is 0. The molecule has 0 spiro atoms. The molecule has 1 aromatic heterocycles. The predicted octanol–water partition coefficient (Wildman–Crippen LogP) is 2.13. The molecular formula is C12H14F3N3OS. The molecule has 4 nitrogen and oxygen atoms in total. The van der Waals surface area contributed by atoms with E-state index >= 15 is 0 Å². The molecule has 0 radical (unpaired) electrons. The molecule has 110 valence electrons. The van der Waals surface area contributed by atoms with Crippen LogP contribution in [0.5, 0.6) is 0 Å². The van der Waals surface area contributed by atoms with Crippen LogP contribution in [0.4, 0.5) is 13.2 Å². The topological polar surface area (TPSA) is 59.2 Å². The summed E-state index contributed by atoms with van der Waals surface area (Å²) >= 11 is 4.73. The first kappa shape index (κ1) is 16.4. The number of amides is 1. The Bertz CT molecular complexity index is 488. The lowest BCUT2D eigenvalue weighted by Crippen LogP contribution is -2.39. The molecular weight excluding hydrogens is 291 g/mol. The summed E-state index contributed by atoms with van der Waals surface area (Å²) in [5.41, 5.74) is 5.76. The SMILES string of the molecule is CCCN(CC(F)(F)F)C(=O)c1ccc(C(N)=S)cn1. The van der Waals surface area contributed by atoms with Crippen LogP contribution in [-0.2, 0) is 0 Å². The fourth-order valence-electron chi connectivity index (χ4n) is 1.57. The van der Waals surface area contributed by atoms with Gasteiger partial charge in [0.2, 0.25) is 0 Å². The minimum Gasteiger partial charge on any atom is -0.389 e. The number of pyridine rings is 1. The third-order valence-corrected chi connectivity index (χ3v) is 2.65. The maximum atomic E-state index is 12.4. The number of rotatable bonds is 5. The van der Waals surface area contributed by atoms with Crippen molar-refractivity contribution in [3.8, 4) is 0 Å². The number of hydrogen-bond donors (Lipinski definition) is 1. The van der Waals surface area contributed by atoms with E-state index in [1.807, 2.05) is 0 Å². The number of hydrogen-bond acceptors (Lipinski definition) is 3. The molecule has 0 aliphatic heterocycles. The van der Waals surface area contributed by atoms with Gasteiger partial charge in [-0.25, -0.2) is 0 Å². The van der Waals surface area contributed by atoms with E-state index in [-0.39, 0.29) is 17.2 Å². The van der Waals surface area contributed by atoms with Crippen LogP contribution in [0, 0.1) is 0 Å². The van der Waals surface area contributed by atoms with Crippen LogP contribution >= 0.6 is 12.2 Å². The molecule has 0 aromatic carbocycles. The van der Waals surface area contributed by atoms with E-state index in [9.17, 15) is 18.0 Å². The normalized spacial score (nSPS) is 11.2. The van der Waals surface area contributed by atoms with Gasteiger partial charge < -0.3 is 10.6 Å². The number of nitrogens with zero attached hydrogens (tertiary/aromatic N) is 2. The van der Waals surface area contributed by atoms with Crippen molar-refractivity contribution in [1.29, 1.82) is 0 Å². The maximum absolute atomic E-state index is 12.4. The van der Waals surface area contributed by atoms with Gasteiger partial charge in [-0.05, 0) is 18.6 Å². The van der Waals surface area contributed by atoms with Gasteiger partial charge in [0, 0.05) is 18.3 Å². The van der Waals surface area contributed by atoms with Crippen molar-refractivity contribution in [2.24, 2.45) is 5.73 Å². The Hall–Kier alpha value is -1.70. The third kappa shape index (κ3) is 4.76. The quantitative estimate of drug-likeness (QED) is 0.847. The number of halogens is 3. The molecule has 2 N–H and O–H groups in total. The average molecular weight is 305 g/mol. The Kier molecular flexibility index (Phi) is 5.43. The highest BCUT2D eigenvalue weighted by Gasteiger charge is 2.33. The Labute approximate surface area is 119 Å². The van der Waals surface area contributed by atoms with Crippen molar-refractivity contribution in [1.82, 2.24) is 9.88 Å². The van der Waals surface area contributed by atoms with Gasteiger partial charge in [-0.15, -0.1) is 0 Å². The maximum Gasteiger partial charge on any atom is 0.406 e. The summed E-state index contributed by atoms with van der Waals surface area (Å²) < 4.78 is 37.3. The van der Waals surface area contributed by atoms with Crippen molar-refractivity contribution in [2.75, 3.05) is 13.1 Å². The van der Waals surface area contributed by atoms with E-state index in [1.54, 1.807) is 6.92 Å². The highest BCUT2D eigenvalue weighted by Crippen LogP contribution is 2.18. The number of aromatic nitrogens is 1. The zero-order valence-corrected chi connectivity index (χ0v) is 11.6. The lowest BCUT2D eigenvalue weighted by atomic mass is 10.2.